The van der Waals surface area contributed by atoms with Gasteiger partial charge in [0.05, 0.1) is 18.7 Å². The lowest BCUT2D eigenvalue weighted by Crippen LogP contribution is -2.45. The first-order valence-corrected chi connectivity index (χ1v) is 8.87. The van der Waals surface area contributed by atoms with Crippen LogP contribution >= 0.6 is 11.6 Å². The summed E-state index contributed by atoms with van der Waals surface area (Å²) in [6, 6.07) is 6.51. The molecule has 1 amide bonds. The van der Waals surface area contributed by atoms with E-state index in [-0.39, 0.29) is 18.4 Å². The van der Waals surface area contributed by atoms with E-state index in [1.807, 2.05) is 12.1 Å². The van der Waals surface area contributed by atoms with Crippen LogP contribution in [0.15, 0.2) is 36.1 Å². The summed E-state index contributed by atoms with van der Waals surface area (Å²) in [5.74, 6) is 1.52. The van der Waals surface area contributed by atoms with Crippen molar-refractivity contribution in [3.63, 3.8) is 0 Å². The molecule has 6 heteroatoms. The van der Waals surface area contributed by atoms with E-state index >= 15 is 0 Å². The van der Waals surface area contributed by atoms with E-state index in [1.54, 1.807) is 12.1 Å². The molecule has 1 heterocycles. The summed E-state index contributed by atoms with van der Waals surface area (Å²) in [5, 5.41) is 0.474. The highest BCUT2D eigenvalue weighted by atomic mass is 35.5. The molecule has 1 aliphatic carbocycles. The summed E-state index contributed by atoms with van der Waals surface area (Å²) in [6.45, 7) is 2.44. The standard InChI is InChI=1S/C19H22ClNO4/c1-12-7-13(8-12)9-16(19(23)24-2)21-11-14(10-18(21)22)25-17-6-4-3-5-15(17)20/h3-6,10,12-13,16H,7-9,11H2,1-2H3/t12-,13-,16?. The predicted octanol–water partition coefficient (Wildman–Crippen LogP) is 3.42. The van der Waals surface area contributed by atoms with Crippen LogP contribution in [-0.4, -0.2) is 36.5 Å². The number of nitrogens with zero attached hydrogens (tertiary/aromatic N) is 1. The molecule has 0 bridgehead atoms. The molecule has 1 unspecified atom stereocenters. The molecule has 1 aromatic rings. The largest absolute Gasteiger partial charge is 0.467 e. The van der Waals surface area contributed by atoms with Gasteiger partial charge in [0.25, 0.3) is 5.91 Å². The average molecular weight is 364 g/mol. The zero-order valence-corrected chi connectivity index (χ0v) is 15.2. The number of hydrogen-bond donors (Lipinski definition) is 0. The van der Waals surface area contributed by atoms with Gasteiger partial charge in [0.2, 0.25) is 0 Å². The monoisotopic (exact) mass is 363 g/mol. The van der Waals surface area contributed by atoms with Gasteiger partial charge in [-0.15, -0.1) is 0 Å². The molecule has 0 N–H and O–H groups in total. The van der Waals surface area contributed by atoms with Gasteiger partial charge in [-0.3, -0.25) is 4.79 Å². The summed E-state index contributed by atoms with van der Waals surface area (Å²) >= 11 is 6.09. The molecule has 5 nitrogen and oxygen atoms in total. The van der Waals surface area contributed by atoms with Crippen molar-refractivity contribution < 1.29 is 19.1 Å². The minimum Gasteiger partial charge on any atom is -0.467 e. The highest BCUT2D eigenvalue weighted by Crippen LogP contribution is 2.38. The van der Waals surface area contributed by atoms with E-state index < -0.39 is 6.04 Å². The summed E-state index contributed by atoms with van der Waals surface area (Å²) in [4.78, 5) is 26.2. The maximum Gasteiger partial charge on any atom is 0.328 e. The van der Waals surface area contributed by atoms with Crippen LogP contribution in [-0.2, 0) is 14.3 Å². The molecular weight excluding hydrogens is 342 g/mol. The van der Waals surface area contributed by atoms with Crippen LogP contribution in [0.5, 0.6) is 5.75 Å². The van der Waals surface area contributed by atoms with E-state index in [9.17, 15) is 9.59 Å². The lowest BCUT2D eigenvalue weighted by Gasteiger charge is -2.37. The van der Waals surface area contributed by atoms with Crippen LogP contribution in [0.2, 0.25) is 5.02 Å². The molecule has 1 atom stereocenters. The molecule has 1 fully saturated rings. The Morgan fingerprint density at radius 3 is 2.72 bits per heavy atom. The SMILES string of the molecule is COC(=O)C(C[C@H]1C[C@H](C)C1)N1CC(Oc2ccccc2Cl)=CC1=O. The lowest BCUT2D eigenvalue weighted by atomic mass is 9.73. The minimum atomic E-state index is -0.571. The molecule has 1 aromatic carbocycles. The predicted molar refractivity (Wildman–Crippen MR) is 94.2 cm³/mol. The second-order valence-electron chi connectivity index (χ2n) is 6.83. The van der Waals surface area contributed by atoms with E-state index in [2.05, 4.69) is 6.92 Å². The van der Waals surface area contributed by atoms with Crippen LogP contribution in [0.4, 0.5) is 0 Å². The van der Waals surface area contributed by atoms with Crippen LogP contribution in [0.3, 0.4) is 0 Å². The fraction of sp³-hybridized carbons (Fsp3) is 0.474. The van der Waals surface area contributed by atoms with Crippen LogP contribution in [0.25, 0.3) is 0 Å². The number of rotatable bonds is 6. The number of carbonyl (C=O) groups excluding carboxylic acids is 2. The number of amides is 1. The highest BCUT2D eigenvalue weighted by Gasteiger charge is 2.38. The third kappa shape index (κ3) is 3.98. The molecule has 0 radical (unpaired) electrons. The quantitative estimate of drug-likeness (QED) is 0.727. The Hall–Kier alpha value is -2.01. The Bertz CT molecular complexity index is 696. The summed E-state index contributed by atoms with van der Waals surface area (Å²) in [6.07, 6.45) is 4.23. The van der Waals surface area contributed by atoms with Gasteiger partial charge in [0.1, 0.15) is 17.6 Å². The zero-order chi connectivity index (χ0) is 18.0. The number of hydrogen-bond acceptors (Lipinski definition) is 4. The number of ether oxygens (including phenoxy) is 2. The van der Waals surface area contributed by atoms with Gasteiger partial charge in [0, 0.05) is 6.08 Å². The maximum absolute atomic E-state index is 12.4. The fourth-order valence-corrected chi connectivity index (χ4v) is 3.74. The Morgan fingerprint density at radius 2 is 2.08 bits per heavy atom. The molecule has 3 rings (SSSR count). The Labute approximate surface area is 152 Å². The lowest BCUT2D eigenvalue weighted by molar-refractivity contribution is -0.152. The minimum absolute atomic E-state index is 0.232. The van der Waals surface area contributed by atoms with Crippen LogP contribution in [0.1, 0.15) is 26.2 Å². The molecule has 2 aliphatic rings. The van der Waals surface area contributed by atoms with E-state index in [4.69, 9.17) is 21.1 Å². The van der Waals surface area contributed by atoms with Crippen LogP contribution < -0.4 is 4.74 Å². The average Bonchev–Trinajstić information content (AvgIpc) is 2.92. The summed E-state index contributed by atoms with van der Waals surface area (Å²) in [7, 11) is 1.36. The number of methoxy groups -OCH3 is 1. The first-order valence-electron chi connectivity index (χ1n) is 8.49. The Kier molecular flexibility index (Phi) is 5.33. The first kappa shape index (κ1) is 17.8. The topological polar surface area (TPSA) is 55.8 Å². The van der Waals surface area contributed by atoms with Gasteiger partial charge in [-0.1, -0.05) is 30.7 Å². The maximum atomic E-state index is 12.4. The highest BCUT2D eigenvalue weighted by molar-refractivity contribution is 6.32. The molecule has 1 aliphatic heterocycles. The zero-order valence-electron chi connectivity index (χ0n) is 14.4. The molecule has 1 saturated carbocycles. The van der Waals surface area contributed by atoms with Gasteiger partial charge in [-0.05, 0) is 43.2 Å². The second-order valence-corrected chi connectivity index (χ2v) is 7.23. The molecular formula is C19H22ClNO4. The van der Waals surface area contributed by atoms with Gasteiger partial charge < -0.3 is 14.4 Å². The van der Waals surface area contributed by atoms with Crippen LogP contribution in [0, 0.1) is 11.8 Å². The van der Waals surface area contributed by atoms with Gasteiger partial charge >= 0.3 is 5.97 Å². The van der Waals surface area contributed by atoms with E-state index in [0.717, 1.165) is 12.8 Å². The Balaban J connectivity index is 1.68. The van der Waals surface area contributed by atoms with Crippen molar-refractivity contribution in [2.45, 2.75) is 32.2 Å². The smallest absolute Gasteiger partial charge is 0.328 e. The van der Waals surface area contributed by atoms with E-state index in [1.165, 1.54) is 18.1 Å². The van der Waals surface area contributed by atoms with Crippen molar-refractivity contribution in [1.82, 2.24) is 4.90 Å². The van der Waals surface area contributed by atoms with E-state index in [0.29, 0.717) is 34.8 Å². The van der Waals surface area contributed by atoms with Crippen molar-refractivity contribution in [1.29, 1.82) is 0 Å². The van der Waals surface area contributed by atoms with Crippen molar-refractivity contribution in [3.8, 4) is 5.75 Å². The normalized spacial score (nSPS) is 23.7. The molecule has 0 aromatic heterocycles. The summed E-state index contributed by atoms with van der Waals surface area (Å²) in [5.41, 5.74) is 0. The van der Waals surface area contributed by atoms with Crippen molar-refractivity contribution in [3.05, 3.63) is 41.1 Å². The van der Waals surface area contributed by atoms with Crippen molar-refractivity contribution >= 4 is 23.5 Å². The molecule has 0 spiro atoms. The fourth-order valence-electron chi connectivity index (χ4n) is 3.57. The van der Waals surface area contributed by atoms with Gasteiger partial charge in [-0.25, -0.2) is 4.79 Å². The number of carbonyl (C=O) groups is 2. The summed E-state index contributed by atoms with van der Waals surface area (Å²) < 4.78 is 10.7. The third-order valence-electron chi connectivity index (χ3n) is 4.85. The van der Waals surface area contributed by atoms with Crippen molar-refractivity contribution in [2.75, 3.05) is 13.7 Å². The number of para-hydroxylation sites is 1. The molecule has 0 saturated heterocycles. The van der Waals surface area contributed by atoms with Gasteiger partial charge in [-0.2, -0.15) is 0 Å². The molecule has 25 heavy (non-hydrogen) atoms. The molecule has 134 valence electrons. The number of esters is 1. The van der Waals surface area contributed by atoms with Crippen molar-refractivity contribution in [2.24, 2.45) is 11.8 Å². The van der Waals surface area contributed by atoms with Gasteiger partial charge in [0.15, 0.2) is 0 Å². The third-order valence-corrected chi connectivity index (χ3v) is 5.16. The second kappa shape index (κ2) is 7.48. The number of benzene rings is 1. The number of halogens is 1. The Morgan fingerprint density at radius 1 is 1.36 bits per heavy atom. The first-order chi connectivity index (χ1) is 12.0.